The van der Waals surface area contributed by atoms with Gasteiger partial charge in [0.1, 0.15) is 0 Å². The first-order valence-corrected chi connectivity index (χ1v) is 13.1. The fraction of sp³-hybridized carbons (Fsp3) is 0.654. The molecule has 2 aromatic heterocycles. The number of rotatable bonds is 5. The topological polar surface area (TPSA) is 74.8 Å². The summed E-state index contributed by atoms with van der Waals surface area (Å²) in [6.45, 7) is 7.85. The van der Waals surface area contributed by atoms with Crippen molar-refractivity contribution in [1.82, 2.24) is 24.5 Å². The molecule has 0 spiro atoms. The number of carbonyl (C=O) groups is 2. The van der Waals surface area contributed by atoms with Crippen LogP contribution in [0.3, 0.4) is 0 Å². The number of amides is 2. The van der Waals surface area contributed by atoms with Gasteiger partial charge in [0.25, 0.3) is 11.8 Å². The van der Waals surface area contributed by atoms with Crippen LogP contribution in [0.2, 0.25) is 0 Å². The van der Waals surface area contributed by atoms with Gasteiger partial charge in [-0.3, -0.25) is 19.2 Å². The van der Waals surface area contributed by atoms with Gasteiger partial charge in [-0.15, -0.1) is 0 Å². The highest BCUT2D eigenvalue weighted by molar-refractivity contribution is 5.94. The third kappa shape index (κ3) is 4.65. The average Bonchev–Trinajstić information content (AvgIpc) is 3.44. The van der Waals surface area contributed by atoms with Crippen molar-refractivity contribution in [2.75, 3.05) is 39.3 Å². The van der Waals surface area contributed by atoms with Crippen molar-refractivity contribution in [3.8, 4) is 0 Å². The molecule has 5 rings (SSSR count). The van der Waals surface area contributed by atoms with Crippen molar-refractivity contribution >= 4 is 11.8 Å². The zero-order valence-corrected chi connectivity index (χ0v) is 20.4. The number of aromatic nitrogens is 2. The molecule has 3 aliphatic rings. The van der Waals surface area contributed by atoms with Gasteiger partial charge in [0, 0.05) is 63.1 Å². The van der Waals surface area contributed by atoms with Gasteiger partial charge in [0.15, 0.2) is 11.5 Å². The Balaban J connectivity index is 1.29. The molecule has 0 radical (unpaired) electrons. The van der Waals surface area contributed by atoms with Crippen LogP contribution in [0.5, 0.6) is 0 Å². The fourth-order valence-electron chi connectivity index (χ4n) is 5.82. The number of carbonyl (C=O) groups excluding carboxylic acids is 2. The van der Waals surface area contributed by atoms with E-state index in [1.54, 1.807) is 18.4 Å². The Bertz CT molecular complexity index is 982. The minimum atomic E-state index is -0.0262. The van der Waals surface area contributed by atoms with Crippen LogP contribution in [0.4, 0.5) is 0 Å². The lowest BCUT2D eigenvalue weighted by Gasteiger charge is -2.40. The summed E-state index contributed by atoms with van der Waals surface area (Å²) < 4.78 is 7.40. The number of aryl methyl sites for hydroxylation is 1. The molecule has 2 amide bonds. The van der Waals surface area contributed by atoms with Gasteiger partial charge in [-0.2, -0.15) is 5.10 Å². The van der Waals surface area contributed by atoms with Crippen molar-refractivity contribution in [2.24, 2.45) is 0 Å². The smallest absolute Gasteiger partial charge is 0.289 e. The van der Waals surface area contributed by atoms with Crippen molar-refractivity contribution in [3.63, 3.8) is 0 Å². The monoisotopic (exact) mass is 467 g/mol. The molecule has 0 bridgehead atoms. The van der Waals surface area contributed by atoms with Crippen LogP contribution >= 0.6 is 0 Å². The van der Waals surface area contributed by atoms with Crippen molar-refractivity contribution < 1.29 is 14.0 Å². The van der Waals surface area contributed by atoms with Crippen LogP contribution in [0.1, 0.15) is 77.7 Å². The maximum absolute atomic E-state index is 13.5. The second kappa shape index (κ2) is 10.3. The van der Waals surface area contributed by atoms with Crippen molar-refractivity contribution in [2.45, 2.75) is 70.9 Å². The zero-order chi connectivity index (χ0) is 23.5. The number of hydrogen-bond acceptors (Lipinski definition) is 5. The fourth-order valence-corrected chi connectivity index (χ4v) is 5.82. The number of furan rings is 1. The third-order valence-corrected chi connectivity index (χ3v) is 7.70. The first-order chi connectivity index (χ1) is 16.7. The Hall–Kier alpha value is -2.61. The molecular weight excluding hydrogens is 430 g/mol. The van der Waals surface area contributed by atoms with Gasteiger partial charge in [-0.05, 0) is 50.7 Å². The van der Waals surface area contributed by atoms with E-state index in [2.05, 4.69) is 16.5 Å². The van der Waals surface area contributed by atoms with Crippen molar-refractivity contribution in [1.29, 1.82) is 0 Å². The lowest BCUT2D eigenvalue weighted by atomic mass is 9.89. The summed E-state index contributed by atoms with van der Waals surface area (Å²) >= 11 is 0. The Morgan fingerprint density at radius 1 is 1.00 bits per heavy atom. The standard InChI is InChI=1S/C26H37N5O3/c1-2-11-31-22-10-9-20(28-14-16-30(17-15-28)25(32)23-8-7-18-34-23)19-21(22)24(27-31)26(33)29-12-5-3-4-6-13-29/h7-8,18,20H,2-6,9-17,19H2,1H3. The summed E-state index contributed by atoms with van der Waals surface area (Å²) in [6, 6.07) is 3.88. The van der Waals surface area contributed by atoms with Crippen LogP contribution in [0, 0.1) is 0 Å². The van der Waals surface area contributed by atoms with Gasteiger partial charge >= 0.3 is 0 Å². The van der Waals surface area contributed by atoms with Crippen LogP contribution in [0.25, 0.3) is 0 Å². The van der Waals surface area contributed by atoms with E-state index < -0.39 is 0 Å². The summed E-state index contributed by atoms with van der Waals surface area (Å²) in [5, 5.41) is 4.87. The molecule has 0 N–H and O–H groups in total. The maximum Gasteiger partial charge on any atom is 0.289 e. The van der Waals surface area contributed by atoms with Gasteiger partial charge in [-0.25, -0.2) is 0 Å². The lowest BCUT2D eigenvalue weighted by Crippen LogP contribution is -2.53. The highest BCUT2D eigenvalue weighted by Crippen LogP contribution is 2.30. The van der Waals surface area contributed by atoms with E-state index in [0.717, 1.165) is 71.2 Å². The average molecular weight is 468 g/mol. The minimum Gasteiger partial charge on any atom is -0.459 e. The minimum absolute atomic E-state index is 0.0262. The molecule has 1 atom stereocenters. The van der Waals surface area contributed by atoms with E-state index in [1.165, 1.54) is 24.1 Å². The van der Waals surface area contributed by atoms with Gasteiger partial charge in [-0.1, -0.05) is 19.8 Å². The van der Waals surface area contributed by atoms with Crippen molar-refractivity contribution in [3.05, 3.63) is 41.1 Å². The van der Waals surface area contributed by atoms with E-state index in [4.69, 9.17) is 9.52 Å². The van der Waals surface area contributed by atoms with Crippen LogP contribution < -0.4 is 0 Å². The molecule has 2 fully saturated rings. The Morgan fingerprint density at radius 3 is 2.41 bits per heavy atom. The summed E-state index contributed by atoms with van der Waals surface area (Å²) in [6.07, 6.45) is 10.1. The quantitative estimate of drug-likeness (QED) is 0.675. The molecule has 0 aromatic carbocycles. The highest BCUT2D eigenvalue weighted by Gasteiger charge is 2.35. The SMILES string of the molecule is CCCn1nc(C(=O)N2CCCCCC2)c2c1CCC(N1CCN(C(=O)c3ccco3)CC1)C2. The van der Waals surface area contributed by atoms with E-state index in [9.17, 15) is 9.59 Å². The first-order valence-electron chi connectivity index (χ1n) is 13.1. The van der Waals surface area contributed by atoms with E-state index in [0.29, 0.717) is 30.6 Å². The van der Waals surface area contributed by atoms with E-state index >= 15 is 0 Å². The highest BCUT2D eigenvalue weighted by atomic mass is 16.3. The molecule has 1 unspecified atom stereocenters. The molecule has 184 valence electrons. The summed E-state index contributed by atoms with van der Waals surface area (Å²) in [7, 11) is 0. The number of hydrogen-bond donors (Lipinski definition) is 0. The summed E-state index contributed by atoms with van der Waals surface area (Å²) in [5.74, 6) is 0.514. The lowest BCUT2D eigenvalue weighted by molar-refractivity contribution is 0.0523. The predicted octanol–water partition coefficient (Wildman–Crippen LogP) is 3.22. The van der Waals surface area contributed by atoms with Crippen LogP contribution in [-0.2, 0) is 19.4 Å². The predicted molar refractivity (Wildman–Crippen MR) is 129 cm³/mol. The molecule has 8 heteroatoms. The largest absolute Gasteiger partial charge is 0.459 e. The Labute approximate surface area is 201 Å². The Kier molecular flexibility index (Phi) is 7.04. The molecular formula is C26H37N5O3. The number of piperazine rings is 1. The Morgan fingerprint density at radius 2 is 1.74 bits per heavy atom. The first kappa shape index (κ1) is 23.1. The maximum atomic E-state index is 13.5. The molecule has 34 heavy (non-hydrogen) atoms. The third-order valence-electron chi connectivity index (χ3n) is 7.70. The van der Waals surface area contributed by atoms with E-state index in [-0.39, 0.29) is 11.8 Å². The van der Waals surface area contributed by atoms with Gasteiger partial charge < -0.3 is 14.2 Å². The molecule has 2 aromatic rings. The van der Waals surface area contributed by atoms with Crippen LogP contribution in [-0.4, -0.2) is 81.6 Å². The summed E-state index contributed by atoms with van der Waals surface area (Å²) in [4.78, 5) is 32.6. The molecule has 2 aliphatic heterocycles. The number of nitrogens with zero attached hydrogens (tertiary/aromatic N) is 5. The normalized spacial score (nSPS) is 21.9. The second-order valence-electron chi connectivity index (χ2n) is 9.91. The molecule has 0 saturated carbocycles. The molecule has 8 nitrogen and oxygen atoms in total. The number of likely N-dealkylation sites (tertiary alicyclic amines) is 1. The van der Waals surface area contributed by atoms with Gasteiger partial charge in [0.05, 0.1) is 6.26 Å². The number of fused-ring (bicyclic) bond motifs is 1. The van der Waals surface area contributed by atoms with E-state index in [1.807, 2.05) is 9.80 Å². The molecule has 4 heterocycles. The molecule has 2 saturated heterocycles. The molecule has 1 aliphatic carbocycles. The summed E-state index contributed by atoms with van der Waals surface area (Å²) in [5.41, 5.74) is 3.14. The van der Waals surface area contributed by atoms with Crippen LogP contribution in [0.15, 0.2) is 22.8 Å². The van der Waals surface area contributed by atoms with Gasteiger partial charge in [0.2, 0.25) is 0 Å². The second-order valence-corrected chi connectivity index (χ2v) is 9.91. The zero-order valence-electron chi connectivity index (χ0n) is 20.4.